The van der Waals surface area contributed by atoms with Crippen molar-refractivity contribution in [3.8, 4) is 5.75 Å². The Morgan fingerprint density at radius 2 is 1.89 bits per heavy atom. The second-order valence-corrected chi connectivity index (χ2v) is 11.7. The SMILES string of the molecule is COc1cc(CN2CCN(C3CC4(CCNCC4)C3)C(c3ccccc3C(C)C)C2)cc2ccoc12. The van der Waals surface area contributed by atoms with Gasteiger partial charge in [0.1, 0.15) is 0 Å². The molecule has 192 valence electrons. The number of benzene rings is 2. The van der Waals surface area contributed by atoms with Crippen LogP contribution in [0.5, 0.6) is 5.75 Å². The maximum atomic E-state index is 5.65. The molecule has 1 spiro atoms. The van der Waals surface area contributed by atoms with Crippen LogP contribution >= 0.6 is 0 Å². The van der Waals surface area contributed by atoms with Gasteiger partial charge in [-0.05, 0) is 85.0 Å². The predicted molar refractivity (Wildman–Crippen MR) is 146 cm³/mol. The molecule has 0 amide bonds. The van der Waals surface area contributed by atoms with E-state index in [1.54, 1.807) is 13.4 Å². The van der Waals surface area contributed by atoms with Crippen molar-refractivity contribution in [1.29, 1.82) is 0 Å². The highest BCUT2D eigenvalue weighted by Gasteiger charge is 2.49. The predicted octanol–water partition coefficient (Wildman–Crippen LogP) is 5.96. The maximum Gasteiger partial charge on any atom is 0.175 e. The molecule has 2 aliphatic heterocycles. The summed E-state index contributed by atoms with van der Waals surface area (Å²) in [5.74, 6) is 1.36. The van der Waals surface area contributed by atoms with Crippen LogP contribution < -0.4 is 10.1 Å². The Balaban J connectivity index is 1.25. The fourth-order valence-electron chi connectivity index (χ4n) is 7.20. The summed E-state index contributed by atoms with van der Waals surface area (Å²) in [6, 6.07) is 16.8. The van der Waals surface area contributed by atoms with Crippen LogP contribution in [0.2, 0.25) is 0 Å². The molecule has 1 N–H and O–H groups in total. The summed E-state index contributed by atoms with van der Waals surface area (Å²) in [5, 5.41) is 4.69. The van der Waals surface area contributed by atoms with Crippen molar-refractivity contribution >= 4 is 11.0 Å². The van der Waals surface area contributed by atoms with Crippen molar-refractivity contribution in [1.82, 2.24) is 15.1 Å². The largest absolute Gasteiger partial charge is 0.493 e. The third kappa shape index (κ3) is 4.46. The summed E-state index contributed by atoms with van der Waals surface area (Å²) in [5.41, 5.74) is 5.78. The van der Waals surface area contributed by atoms with Crippen LogP contribution in [0.25, 0.3) is 11.0 Å². The zero-order chi connectivity index (χ0) is 24.7. The maximum absolute atomic E-state index is 5.65. The molecule has 3 aliphatic rings. The number of furan rings is 1. The number of hydrogen-bond donors (Lipinski definition) is 1. The zero-order valence-corrected chi connectivity index (χ0v) is 22.1. The molecule has 1 aromatic heterocycles. The zero-order valence-electron chi connectivity index (χ0n) is 22.1. The van der Waals surface area contributed by atoms with Crippen LogP contribution in [0.4, 0.5) is 0 Å². The van der Waals surface area contributed by atoms with Crippen LogP contribution in [0.15, 0.2) is 53.1 Å². The lowest BCUT2D eigenvalue weighted by molar-refractivity contribution is -0.0650. The van der Waals surface area contributed by atoms with Crippen molar-refractivity contribution < 1.29 is 9.15 Å². The summed E-state index contributed by atoms with van der Waals surface area (Å²) in [6.45, 7) is 11.3. The van der Waals surface area contributed by atoms with Crippen LogP contribution in [-0.2, 0) is 6.54 Å². The Hall–Kier alpha value is -2.34. The number of hydrogen-bond acceptors (Lipinski definition) is 5. The third-order valence-corrected chi connectivity index (χ3v) is 9.16. The Morgan fingerprint density at radius 1 is 1.08 bits per heavy atom. The van der Waals surface area contributed by atoms with Gasteiger partial charge >= 0.3 is 0 Å². The highest BCUT2D eigenvalue weighted by Crippen LogP contribution is 2.52. The molecule has 1 atom stereocenters. The monoisotopic (exact) mass is 487 g/mol. The second kappa shape index (κ2) is 9.85. The van der Waals surface area contributed by atoms with E-state index < -0.39 is 0 Å². The molecule has 6 rings (SSSR count). The molecule has 1 unspecified atom stereocenters. The van der Waals surface area contributed by atoms with Crippen molar-refractivity contribution in [2.75, 3.05) is 39.8 Å². The van der Waals surface area contributed by atoms with Crippen LogP contribution in [0.3, 0.4) is 0 Å². The first-order valence-corrected chi connectivity index (χ1v) is 13.9. The Kier molecular flexibility index (Phi) is 6.57. The minimum atomic E-state index is 0.445. The van der Waals surface area contributed by atoms with Crippen LogP contribution in [0, 0.1) is 5.41 Å². The first kappa shape index (κ1) is 24.0. The summed E-state index contributed by atoms with van der Waals surface area (Å²) in [6.07, 6.45) is 7.22. The molecular formula is C31H41N3O2. The van der Waals surface area contributed by atoms with E-state index in [4.69, 9.17) is 9.15 Å². The van der Waals surface area contributed by atoms with Gasteiger partial charge in [-0.1, -0.05) is 38.1 Å². The number of fused-ring (bicyclic) bond motifs is 1. The van der Waals surface area contributed by atoms with E-state index in [1.165, 1.54) is 55.5 Å². The van der Waals surface area contributed by atoms with Crippen LogP contribution in [0.1, 0.15) is 68.2 Å². The Labute approximate surface area is 215 Å². The molecule has 3 fully saturated rings. The van der Waals surface area contributed by atoms with Crippen molar-refractivity contribution in [3.05, 3.63) is 65.4 Å². The number of ether oxygens (including phenoxy) is 1. The van der Waals surface area contributed by atoms with Gasteiger partial charge < -0.3 is 14.5 Å². The minimum absolute atomic E-state index is 0.445. The lowest BCUT2D eigenvalue weighted by Gasteiger charge is -2.57. The molecule has 36 heavy (non-hydrogen) atoms. The van der Waals surface area contributed by atoms with Gasteiger partial charge in [-0.2, -0.15) is 0 Å². The van der Waals surface area contributed by atoms with Gasteiger partial charge in [0, 0.05) is 43.6 Å². The van der Waals surface area contributed by atoms with Gasteiger partial charge in [-0.15, -0.1) is 0 Å². The number of nitrogens with one attached hydrogen (secondary N) is 1. The number of methoxy groups -OCH3 is 1. The lowest BCUT2D eigenvalue weighted by Crippen LogP contribution is -2.59. The standard InChI is InChI=1S/C31H41N3O2/c1-22(2)26-6-4-5-7-27(26)28-21-33(20-23-16-24-8-15-36-30(24)29(17-23)35-3)13-14-34(28)25-18-31(19-25)9-11-32-12-10-31/h4-8,15-17,22,25,28,32H,9-14,18-21H2,1-3H3. The first-order chi connectivity index (χ1) is 17.5. The molecule has 2 aromatic carbocycles. The summed E-state index contributed by atoms with van der Waals surface area (Å²) in [4.78, 5) is 5.53. The van der Waals surface area contributed by atoms with E-state index in [-0.39, 0.29) is 0 Å². The molecule has 5 nitrogen and oxygen atoms in total. The molecule has 1 saturated carbocycles. The first-order valence-electron chi connectivity index (χ1n) is 13.9. The lowest BCUT2D eigenvalue weighted by atomic mass is 9.60. The molecule has 2 saturated heterocycles. The van der Waals surface area contributed by atoms with E-state index in [0.717, 1.165) is 48.9 Å². The van der Waals surface area contributed by atoms with E-state index >= 15 is 0 Å². The number of piperazine rings is 1. The van der Waals surface area contributed by atoms with Gasteiger partial charge in [0.05, 0.1) is 13.4 Å². The van der Waals surface area contributed by atoms with Gasteiger partial charge in [-0.3, -0.25) is 9.80 Å². The highest BCUT2D eigenvalue weighted by atomic mass is 16.5. The third-order valence-electron chi connectivity index (χ3n) is 9.16. The molecular weight excluding hydrogens is 446 g/mol. The van der Waals surface area contributed by atoms with Crippen molar-refractivity contribution in [3.63, 3.8) is 0 Å². The number of piperidine rings is 1. The van der Waals surface area contributed by atoms with Crippen molar-refractivity contribution in [2.24, 2.45) is 5.41 Å². The topological polar surface area (TPSA) is 40.9 Å². The van der Waals surface area contributed by atoms with Gasteiger partial charge in [0.2, 0.25) is 0 Å². The molecule has 3 aromatic rings. The smallest absolute Gasteiger partial charge is 0.175 e. The highest BCUT2D eigenvalue weighted by molar-refractivity contribution is 5.83. The number of nitrogens with zero attached hydrogens (tertiary/aromatic N) is 2. The normalized spacial score (nSPS) is 23.4. The van der Waals surface area contributed by atoms with Gasteiger partial charge in [-0.25, -0.2) is 0 Å². The van der Waals surface area contributed by atoms with E-state index in [2.05, 4.69) is 65.4 Å². The molecule has 0 radical (unpaired) electrons. The Morgan fingerprint density at radius 3 is 2.67 bits per heavy atom. The fourth-order valence-corrected chi connectivity index (χ4v) is 7.20. The number of rotatable bonds is 6. The van der Waals surface area contributed by atoms with Crippen LogP contribution in [-0.4, -0.2) is 55.7 Å². The average Bonchev–Trinajstić information content (AvgIpc) is 3.36. The Bertz CT molecular complexity index is 1190. The van der Waals surface area contributed by atoms with Gasteiger partial charge in [0.15, 0.2) is 11.3 Å². The second-order valence-electron chi connectivity index (χ2n) is 11.7. The molecule has 5 heteroatoms. The van der Waals surface area contributed by atoms with E-state index in [9.17, 15) is 0 Å². The average molecular weight is 488 g/mol. The molecule has 0 bridgehead atoms. The molecule has 3 heterocycles. The minimum Gasteiger partial charge on any atom is -0.493 e. The summed E-state index contributed by atoms with van der Waals surface area (Å²) < 4.78 is 11.3. The fraction of sp³-hybridized carbons (Fsp3) is 0.548. The summed E-state index contributed by atoms with van der Waals surface area (Å²) >= 11 is 0. The van der Waals surface area contributed by atoms with Gasteiger partial charge in [0.25, 0.3) is 0 Å². The quantitative estimate of drug-likeness (QED) is 0.465. The van der Waals surface area contributed by atoms with E-state index in [0.29, 0.717) is 17.4 Å². The van der Waals surface area contributed by atoms with Crippen molar-refractivity contribution in [2.45, 2.75) is 64.1 Å². The van der Waals surface area contributed by atoms with E-state index in [1.807, 2.05) is 6.07 Å². The summed E-state index contributed by atoms with van der Waals surface area (Å²) in [7, 11) is 1.73. The molecule has 1 aliphatic carbocycles.